The molecule has 0 aliphatic carbocycles. The minimum absolute atomic E-state index is 0.195. The highest BCUT2D eigenvalue weighted by atomic mass is 32.2. The summed E-state index contributed by atoms with van der Waals surface area (Å²) in [6.07, 6.45) is 2.48. The van der Waals surface area contributed by atoms with Crippen LogP contribution in [0, 0.1) is 5.92 Å². The van der Waals surface area contributed by atoms with E-state index in [9.17, 15) is 8.42 Å². The lowest BCUT2D eigenvalue weighted by atomic mass is 10.2. The van der Waals surface area contributed by atoms with Gasteiger partial charge in [-0.15, -0.1) is 0 Å². The first-order valence-electron chi connectivity index (χ1n) is 6.45. The summed E-state index contributed by atoms with van der Waals surface area (Å²) < 4.78 is 29.3. The highest BCUT2D eigenvalue weighted by Gasteiger charge is 2.22. The Morgan fingerprint density at radius 3 is 2.59 bits per heavy atom. The van der Waals surface area contributed by atoms with E-state index in [1.54, 1.807) is 6.92 Å². The van der Waals surface area contributed by atoms with Gasteiger partial charge in [-0.05, 0) is 25.7 Å². The third-order valence-corrected chi connectivity index (χ3v) is 5.53. The Kier molecular flexibility index (Phi) is 5.89. The molecule has 5 heteroatoms. The van der Waals surface area contributed by atoms with Crippen LogP contribution in [0.5, 0.6) is 0 Å². The summed E-state index contributed by atoms with van der Waals surface area (Å²) in [5, 5.41) is 2.89. The average molecular weight is 263 g/mol. The zero-order valence-corrected chi connectivity index (χ0v) is 11.9. The molecule has 0 spiro atoms. The van der Waals surface area contributed by atoms with Crippen LogP contribution in [0.1, 0.15) is 33.6 Å². The monoisotopic (exact) mass is 263 g/mol. The number of sulfone groups is 1. The van der Waals surface area contributed by atoms with Crippen LogP contribution in [0.2, 0.25) is 0 Å². The van der Waals surface area contributed by atoms with Crippen molar-refractivity contribution in [1.29, 1.82) is 0 Å². The average Bonchev–Trinajstić information content (AvgIpc) is 2.68. The third kappa shape index (κ3) is 5.36. The maximum atomic E-state index is 11.9. The van der Waals surface area contributed by atoms with E-state index in [1.807, 2.05) is 13.8 Å². The van der Waals surface area contributed by atoms with Gasteiger partial charge in [0.15, 0.2) is 9.84 Å². The Balaban J connectivity index is 2.25. The molecule has 1 fully saturated rings. The van der Waals surface area contributed by atoms with Crippen molar-refractivity contribution >= 4 is 9.84 Å². The molecule has 2 unspecified atom stereocenters. The Morgan fingerprint density at radius 2 is 2.06 bits per heavy atom. The molecule has 0 saturated carbocycles. The molecule has 1 saturated heterocycles. The van der Waals surface area contributed by atoms with Gasteiger partial charge in [0.1, 0.15) is 0 Å². The van der Waals surface area contributed by atoms with Gasteiger partial charge in [0, 0.05) is 19.7 Å². The van der Waals surface area contributed by atoms with Crippen molar-refractivity contribution in [3.8, 4) is 0 Å². The van der Waals surface area contributed by atoms with Crippen molar-refractivity contribution in [3.63, 3.8) is 0 Å². The zero-order chi connectivity index (χ0) is 12.9. The predicted molar refractivity (Wildman–Crippen MR) is 69.9 cm³/mol. The van der Waals surface area contributed by atoms with E-state index in [0.29, 0.717) is 6.54 Å². The van der Waals surface area contributed by atoms with Gasteiger partial charge in [-0.2, -0.15) is 0 Å². The number of hydrogen-bond acceptors (Lipinski definition) is 4. The molecule has 0 aromatic carbocycles. The van der Waals surface area contributed by atoms with E-state index in [-0.39, 0.29) is 23.0 Å². The van der Waals surface area contributed by atoms with Crippen molar-refractivity contribution in [2.75, 3.05) is 25.4 Å². The minimum atomic E-state index is -2.96. The topological polar surface area (TPSA) is 55.4 Å². The van der Waals surface area contributed by atoms with Gasteiger partial charge >= 0.3 is 0 Å². The molecule has 17 heavy (non-hydrogen) atoms. The van der Waals surface area contributed by atoms with Gasteiger partial charge in [0.25, 0.3) is 0 Å². The lowest BCUT2D eigenvalue weighted by Crippen LogP contribution is -2.37. The second-order valence-electron chi connectivity index (χ2n) is 5.33. The number of nitrogens with one attached hydrogen (secondary N) is 1. The Labute approximate surface area is 105 Å². The fourth-order valence-corrected chi connectivity index (χ4v) is 3.64. The fourth-order valence-electron chi connectivity index (χ4n) is 2.01. The summed E-state index contributed by atoms with van der Waals surface area (Å²) in [6, 6.07) is 0. The Hall–Kier alpha value is -0.130. The third-order valence-electron chi connectivity index (χ3n) is 3.01. The van der Waals surface area contributed by atoms with Crippen LogP contribution in [0.15, 0.2) is 0 Å². The lowest BCUT2D eigenvalue weighted by molar-refractivity contribution is 0.110. The van der Waals surface area contributed by atoms with Gasteiger partial charge in [-0.1, -0.05) is 13.8 Å². The molecule has 0 bridgehead atoms. The normalized spacial score (nSPS) is 23.2. The standard InChI is InChI=1S/C12H25NO3S/c1-10(2)9-17(14,15)11(3)7-13-8-12-5-4-6-16-12/h10-13H,4-9H2,1-3H3. The molecular weight excluding hydrogens is 238 g/mol. The van der Waals surface area contributed by atoms with Crippen LogP contribution in [-0.4, -0.2) is 45.2 Å². The maximum Gasteiger partial charge on any atom is 0.154 e. The molecule has 0 amide bonds. The summed E-state index contributed by atoms with van der Waals surface area (Å²) in [7, 11) is -2.96. The van der Waals surface area contributed by atoms with E-state index in [2.05, 4.69) is 5.32 Å². The summed E-state index contributed by atoms with van der Waals surface area (Å²) >= 11 is 0. The van der Waals surface area contributed by atoms with E-state index < -0.39 is 9.84 Å². The van der Waals surface area contributed by atoms with E-state index in [4.69, 9.17) is 4.74 Å². The number of hydrogen-bond donors (Lipinski definition) is 1. The summed E-state index contributed by atoms with van der Waals surface area (Å²) in [6.45, 7) is 7.78. The van der Waals surface area contributed by atoms with Gasteiger partial charge < -0.3 is 10.1 Å². The Bertz CT molecular complexity index is 308. The molecule has 0 aromatic heterocycles. The molecule has 1 N–H and O–H groups in total. The summed E-state index contributed by atoms with van der Waals surface area (Å²) in [5.74, 6) is 0.469. The van der Waals surface area contributed by atoms with Crippen LogP contribution < -0.4 is 5.32 Å². The lowest BCUT2D eigenvalue weighted by Gasteiger charge is -2.17. The number of ether oxygens (including phenoxy) is 1. The first kappa shape index (κ1) is 14.9. The minimum Gasteiger partial charge on any atom is -0.377 e. The largest absolute Gasteiger partial charge is 0.377 e. The van der Waals surface area contributed by atoms with Crippen LogP contribution in [0.3, 0.4) is 0 Å². The molecule has 0 radical (unpaired) electrons. The van der Waals surface area contributed by atoms with Crippen LogP contribution in [0.25, 0.3) is 0 Å². The SMILES string of the molecule is CC(C)CS(=O)(=O)C(C)CNCC1CCCO1. The van der Waals surface area contributed by atoms with Gasteiger partial charge in [0.05, 0.1) is 17.1 Å². The molecule has 1 heterocycles. The predicted octanol–water partition coefficient (Wildman–Crippen LogP) is 1.21. The first-order valence-corrected chi connectivity index (χ1v) is 8.17. The van der Waals surface area contributed by atoms with Crippen LogP contribution in [0.4, 0.5) is 0 Å². The molecule has 1 rings (SSSR count). The second-order valence-corrected chi connectivity index (χ2v) is 7.79. The highest BCUT2D eigenvalue weighted by molar-refractivity contribution is 7.92. The summed E-state index contributed by atoms with van der Waals surface area (Å²) in [4.78, 5) is 0. The molecule has 1 aliphatic rings. The van der Waals surface area contributed by atoms with Crippen molar-refractivity contribution in [3.05, 3.63) is 0 Å². The molecule has 1 aliphatic heterocycles. The highest BCUT2D eigenvalue weighted by Crippen LogP contribution is 2.11. The quantitative estimate of drug-likeness (QED) is 0.750. The summed E-state index contributed by atoms with van der Waals surface area (Å²) in [5.41, 5.74) is 0. The van der Waals surface area contributed by atoms with Crippen molar-refractivity contribution in [2.45, 2.75) is 45.0 Å². The fraction of sp³-hybridized carbons (Fsp3) is 1.00. The van der Waals surface area contributed by atoms with E-state index in [1.165, 1.54) is 0 Å². The molecule has 2 atom stereocenters. The second kappa shape index (κ2) is 6.71. The first-order chi connectivity index (χ1) is 7.92. The van der Waals surface area contributed by atoms with Gasteiger partial charge in [0.2, 0.25) is 0 Å². The number of rotatable bonds is 7. The molecule has 0 aromatic rings. The van der Waals surface area contributed by atoms with Gasteiger partial charge in [-0.3, -0.25) is 0 Å². The van der Waals surface area contributed by atoms with E-state index in [0.717, 1.165) is 26.0 Å². The smallest absolute Gasteiger partial charge is 0.154 e. The maximum absolute atomic E-state index is 11.9. The molecular formula is C12H25NO3S. The van der Waals surface area contributed by atoms with Crippen molar-refractivity contribution < 1.29 is 13.2 Å². The van der Waals surface area contributed by atoms with Crippen molar-refractivity contribution in [2.24, 2.45) is 5.92 Å². The van der Waals surface area contributed by atoms with Crippen molar-refractivity contribution in [1.82, 2.24) is 5.32 Å². The van der Waals surface area contributed by atoms with E-state index >= 15 is 0 Å². The molecule has 102 valence electrons. The van der Waals surface area contributed by atoms with Crippen LogP contribution in [-0.2, 0) is 14.6 Å². The molecule has 4 nitrogen and oxygen atoms in total. The zero-order valence-electron chi connectivity index (χ0n) is 11.1. The Morgan fingerprint density at radius 1 is 1.35 bits per heavy atom. The van der Waals surface area contributed by atoms with Crippen LogP contribution >= 0.6 is 0 Å². The van der Waals surface area contributed by atoms with Gasteiger partial charge in [-0.25, -0.2) is 8.42 Å².